The van der Waals surface area contributed by atoms with Crippen molar-refractivity contribution in [3.63, 3.8) is 0 Å². The van der Waals surface area contributed by atoms with Crippen molar-refractivity contribution in [3.05, 3.63) is 0 Å². The molecule has 0 rings (SSSR count). The van der Waals surface area contributed by atoms with Gasteiger partial charge >= 0.3 is 0 Å². The van der Waals surface area contributed by atoms with E-state index in [0.717, 1.165) is 39.3 Å². The highest BCUT2D eigenvalue weighted by Gasteiger charge is 2.01. The van der Waals surface area contributed by atoms with Crippen LogP contribution in [0.15, 0.2) is 0 Å². The molecule has 0 amide bonds. The Morgan fingerprint density at radius 2 is 1.78 bits per heavy atom. The van der Waals surface area contributed by atoms with Gasteiger partial charge in [-0.1, -0.05) is 0 Å². The number of unbranched alkanes of at least 4 members (excludes halogenated alkanes) is 1. The van der Waals surface area contributed by atoms with Crippen LogP contribution in [0.5, 0.6) is 0 Å². The number of nitrogens with zero attached hydrogens (tertiary/aromatic N) is 1. The summed E-state index contributed by atoms with van der Waals surface area (Å²) >= 11 is 0. The van der Waals surface area contributed by atoms with E-state index in [1.54, 1.807) is 7.11 Å². The van der Waals surface area contributed by atoms with Crippen LogP contribution in [-0.2, 0) is 9.47 Å². The zero-order chi connectivity index (χ0) is 13.6. The van der Waals surface area contributed by atoms with Gasteiger partial charge < -0.3 is 19.7 Å². The summed E-state index contributed by atoms with van der Waals surface area (Å²) in [6, 6.07) is 0.651. The van der Waals surface area contributed by atoms with Crippen molar-refractivity contribution >= 4 is 0 Å². The van der Waals surface area contributed by atoms with Gasteiger partial charge in [0.05, 0.1) is 6.61 Å². The molecule has 0 aliphatic rings. The number of ether oxygens (including phenoxy) is 2. The molecule has 0 spiro atoms. The van der Waals surface area contributed by atoms with Crippen LogP contribution < -0.4 is 5.32 Å². The largest absolute Gasteiger partial charge is 0.385 e. The van der Waals surface area contributed by atoms with Crippen LogP contribution in [0.25, 0.3) is 0 Å². The number of hydrogen-bond acceptors (Lipinski definition) is 4. The fourth-order valence-corrected chi connectivity index (χ4v) is 1.55. The van der Waals surface area contributed by atoms with Crippen LogP contribution in [0.3, 0.4) is 0 Å². The van der Waals surface area contributed by atoms with Gasteiger partial charge in [0.15, 0.2) is 0 Å². The van der Waals surface area contributed by atoms with Crippen molar-refractivity contribution < 1.29 is 9.47 Å². The number of rotatable bonds is 13. The van der Waals surface area contributed by atoms with E-state index in [-0.39, 0.29) is 0 Å². The summed E-state index contributed by atoms with van der Waals surface area (Å²) in [6.45, 7) is 10.1. The van der Waals surface area contributed by atoms with Crippen LogP contribution in [0.1, 0.15) is 33.1 Å². The first-order chi connectivity index (χ1) is 8.68. The van der Waals surface area contributed by atoms with E-state index in [2.05, 4.69) is 31.1 Å². The van der Waals surface area contributed by atoms with Crippen molar-refractivity contribution in [1.82, 2.24) is 10.2 Å². The lowest BCUT2D eigenvalue weighted by atomic mass is 10.2. The molecule has 4 heteroatoms. The highest BCUT2D eigenvalue weighted by Crippen LogP contribution is 1.97. The van der Waals surface area contributed by atoms with E-state index in [9.17, 15) is 0 Å². The molecular formula is C14H32N2O2. The van der Waals surface area contributed by atoms with E-state index >= 15 is 0 Å². The number of hydrogen-bond donors (Lipinski definition) is 1. The Bertz CT molecular complexity index is 166. The molecule has 0 bridgehead atoms. The third kappa shape index (κ3) is 12.3. The standard InChI is InChI=1S/C14H32N2O2/c1-14(2)16(3)10-6-5-8-15-9-13-18-12-7-11-17-4/h14-15H,5-13H2,1-4H3. The number of nitrogens with one attached hydrogen (secondary N) is 1. The second-order valence-corrected chi connectivity index (χ2v) is 4.99. The molecular weight excluding hydrogens is 228 g/mol. The minimum atomic E-state index is 0.651. The van der Waals surface area contributed by atoms with E-state index in [1.165, 1.54) is 19.4 Å². The molecule has 0 saturated carbocycles. The summed E-state index contributed by atoms with van der Waals surface area (Å²) in [4.78, 5) is 2.39. The lowest BCUT2D eigenvalue weighted by Gasteiger charge is -2.20. The summed E-state index contributed by atoms with van der Waals surface area (Å²) in [6.07, 6.45) is 3.48. The van der Waals surface area contributed by atoms with E-state index in [0.29, 0.717) is 6.04 Å². The van der Waals surface area contributed by atoms with Gasteiger partial charge in [0.2, 0.25) is 0 Å². The molecule has 0 aromatic carbocycles. The molecule has 0 atom stereocenters. The molecule has 18 heavy (non-hydrogen) atoms. The van der Waals surface area contributed by atoms with Gasteiger partial charge in [0.1, 0.15) is 0 Å². The first-order valence-corrected chi connectivity index (χ1v) is 7.16. The minimum Gasteiger partial charge on any atom is -0.385 e. The Balaban J connectivity index is 3.03. The van der Waals surface area contributed by atoms with Gasteiger partial charge in [0.25, 0.3) is 0 Å². The van der Waals surface area contributed by atoms with Gasteiger partial charge in [-0.05, 0) is 53.2 Å². The highest BCUT2D eigenvalue weighted by atomic mass is 16.5. The fraction of sp³-hybridized carbons (Fsp3) is 1.00. The number of methoxy groups -OCH3 is 1. The van der Waals surface area contributed by atoms with Gasteiger partial charge in [-0.2, -0.15) is 0 Å². The Kier molecular flexibility index (Phi) is 13.2. The maximum atomic E-state index is 5.46. The maximum absolute atomic E-state index is 5.46. The van der Waals surface area contributed by atoms with E-state index in [4.69, 9.17) is 9.47 Å². The Morgan fingerprint density at radius 3 is 2.44 bits per heavy atom. The Labute approximate surface area is 113 Å². The van der Waals surface area contributed by atoms with Crippen molar-refractivity contribution in [3.8, 4) is 0 Å². The highest BCUT2D eigenvalue weighted by molar-refractivity contribution is 4.57. The summed E-state index contributed by atoms with van der Waals surface area (Å²) in [5, 5.41) is 3.40. The average molecular weight is 260 g/mol. The summed E-state index contributed by atoms with van der Waals surface area (Å²) in [5.74, 6) is 0. The van der Waals surface area contributed by atoms with Crippen molar-refractivity contribution in [2.45, 2.75) is 39.2 Å². The molecule has 0 aliphatic carbocycles. The quantitative estimate of drug-likeness (QED) is 0.512. The van der Waals surface area contributed by atoms with Gasteiger partial charge in [-0.25, -0.2) is 0 Å². The zero-order valence-electron chi connectivity index (χ0n) is 12.7. The fourth-order valence-electron chi connectivity index (χ4n) is 1.55. The predicted molar refractivity (Wildman–Crippen MR) is 77.2 cm³/mol. The molecule has 0 aromatic rings. The third-order valence-corrected chi connectivity index (χ3v) is 3.06. The lowest BCUT2D eigenvalue weighted by Crippen LogP contribution is -2.28. The molecule has 0 aromatic heterocycles. The summed E-state index contributed by atoms with van der Waals surface area (Å²) in [7, 11) is 3.91. The topological polar surface area (TPSA) is 33.7 Å². The summed E-state index contributed by atoms with van der Waals surface area (Å²) in [5.41, 5.74) is 0. The molecule has 1 N–H and O–H groups in total. The van der Waals surface area contributed by atoms with E-state index < -0.39 is 0 Å². The third-order valence-electron chi connectivity index (χ3n) is 3.06. The van der Waals surface area contributed by atoms with Crippen molar-refractivity contribution in [2.75, 3.05) is 53.6 Å². The van der Waals surface area contributed by atoms with Gasteiger partial charge in [0, 0.05) is 32.9 Å². The minimum absolute atomic E-state index is 0.651. The van der Waals surface area contributed by atoms with Crippen LogP contribution >= 0.6 is 0 Å². The molecule has 4 nitrogen and oxygen atoms in total. The van der Waals surface area contributed by atoms with Crippen LogP contribution in [0.2, 0.25) is 0 Å². The predicted octanol–water partition coefficient (Wildman–Crippen LogP) is 1.75. The van der Waals surface area contributed by atoms with Crippen LogP contribution in [0.4, 0.5) is 0 Å². The van der Waals surface area contributed by atoms with Crippen molar-refractivity contribution in [2.24, 2.45) is 0 Å². The average Bonchev–Trinajstić information content (AvgIpc) is 2.35. The lowest BCUT2D eigenvalue weighted by molar-refractivity contribution is 0.104. The SMILES string of the molecule is COCCCOCCNCCCCN(C)C(C)C. The molecule has 0 saturated heterocycles. The second-order valence-electron chi connectivity index (χ2n) is 4.99. The van der Waals surface area contributed by atoms with E-state index in [1.807, 2.05) is 0 Å². The molecule has 110 valence electrons. The molecule has 0 heterocycles. The maximum Gasteiger partial charge on any atom is 0.0590 e. The normalized spacial score (nSPS) is 11.7. The smallest absolute Gasteiger partial charge is 0.0590 e. The Hall–Kier alpha value is -0.160. The first kappa shape index (κ1) is 17.8. The molecule has 0 fully saturated rings. The summed E-state index contributed by atoms with van der Waals surface area (Å²) < 4.78 is 10.4. The second kappa shape index (κ2) is 13.3. The Morgan fingerprint density at radius 1 is 1.00 bits per heavy atom. The molecule has 0 aliphatic heterocycles. The van der Waals surface area contributed by atoms with Crippen LogP contribution in [0, 0.1) is 0 Å². The van der Waals surface area contributed by atoms with Gasteiger partial charge in [-0.3, -0.25) is 0 Å². The molecule has 0 radical (unpaired) electrons. The zero-order valence-corrected chi connectivity index (χ0v) is 12.7. The van der Waals surface area contributed by atoms with Crippen LogP contribution in [-0.4, -0.2) is 64.6 Å². The first-order valence-electron chi connectivity index (χ1n) is 7.16. The monoisotopic (exact) mass is 260 g/mol. The van der Waals surface area contributed by atoms with Crippen molar-refractivity contribution in [1.29, 1.82) is 0 Å². The van der Waals surface area contributed by atoms with Gasteiger partial charge in [-0.15, -0.1) is 0 Å². The molecule has 0 unspecified atom stereocenters.